The van der Waals surface area contributed by atoms with E-state index in [2.05, 4.69) is 16.4 Å². The molecule has 3 N–H and O–H groups in total. The highest BCUT2D eigenvalue weighted by Gasteiger charge is 2.33. The number of anilines is 1. The second-order valence-corrected chi connectivity index (χ2v) is 9.00. The van der Waals surface area contributed by atoms with Crippen LogP contribution in [-0.4, -0.2) is 25.1 Å². The van der Waals surface area contributed by atoms with Crippen molar-refractivity contribution in [2.75, 3.05) is 5.73 Å². The molecule has 30 heavy (non-hydrogen) atoms. The zero-order valence-corrected chi connectivity index (χ0v) is 17.6. The van der Waals surface area contributed by atoms with Crippen LogP contribution in [0.2, 0.25) is 5.02 Å². The second-order valence-electron chi connectivity index (χ2n) is 8.56. The van der Waals surface area contributed by atoms with Gasteiger partial charge < -0.3 is 10.8 Å². The third-order valence-corrected chi connectivity index (χ3v) is 6.66. The number of aliphatic hydroxyl groups is 1. The first-order chi connectivity index (χ1) is 14.6. The molecule has 156 valence electrons. The molecule has 6 nitrogen and oxygen atoms in total. The summed E-state index contributed by atoms with van der Waals surface area (Å²) in [6.45, 7) is 0.777. The fraction of sp³-hybridized carbons (Fsp3) is 0.435. The Balaban J connectivity index is 1.27. The SMILES string of the molecule is Nc1c2c(nc3cc(Cl)ccc13)CC1C=C(CCCCn3cc(CO)nn3)CC2C1. The molecular formula is C23H26ClN5O. The molecule has 0 spiro atoms. The van der Waals surface area contributed by atoms with Crippen LogP contribution in [0.3, 0.4) is 0 Å². The number of halogens is 1. The van der Waals surface area contributed by atoms with Crippen LogP contribution in [0.25, 0.3) is 10.9 Å². The van der Waals surface area contributed by atoms with Gasteiger partial charge in [0.25, 0.3) is 0 Å². The minimum Gasteiger partial charge on any atom is -0.398 e. The van der Waals surface area contributed by atoms with Gasteiger partial charge in [-0.25, -0.2) is 0 Å². The number of hydrogen-bond acceptors (Lipinski definition) is 5. The third-order valence-electron chi connectivity index (χ3n) is 6.42. The van der Waals surface area contributed by atoms with E-state index in [0.29, 0.717) is 22.6 Å². The van der Waals surface area contributed by atoms with Crippen molar-refractivity contribution >= 4 is 28.2 Å². The summed E-state index contributed by atoms with van der Waals surface area (Å²) in [5.41, 5.74) is 13.0. The molecular weight excluding hydrogens is 398 g/mol. The smallest absolute Gasteiger partial charge is 0.108 e. The Labute approximate surface area is 180 Å². The van der Waals surface area contributed by atoms with E-state index in [4.69, 9.17) is 27.4 Å². The van der Waals surface area contributed by atoms with E-state index in [1.807, 2.05) is 29.1 Å². The Hall–Kier alpha value is -2.44. The molecule has 1 aromatic carbocycles. The Morgan fingerprint density at radius 1 is 1.23 bits per heavy atom. The van der Waals surface area contributed by atoms with Gasteiger partial charge in [0, 0.05) is 33.9 Å². The number of nitrogens with zero attached hydrogens (tertiary/aromatic N) is 4. The molecule has 2 heterocycles. The summed E-state index contributed by atoms with van der Waals surface area (Å²) in [5, 5.41) is 18.8. The van der Waals surface area contributed by atoms with E-state index in [1.165, 1.54) is 12.0 Å². The number of aromatic nitrogens is 4. The number of unbranched alkanes of at least 4 members (excludes halogenated alkanes) is 1. The monoisotopic (exact) mass is 423 g/mol. The lowest BCUT2D eigenvalue weighted by atomic mass is 9.70. The van der Waals surface area contributed by atoms with Crippen LogP contribution < -0.4 is 5.73 Å². The first kappa shape index (κ1) is 19.5. The largest absolute Gasteiger partial charge is 0.398 e. The molecule has 5 rings (SSSR count). The Morgan fingerprint density at radius 3 is 2.97 bits per heavy atom. The summed E-state index contributed by atoms with van der Waals surface area (Å²) in [6, 6.07) is 5.81. The molecule has 0 aliphatic heterocycles. The van der Waals surface area contributed by atoms with E-state index in [9.17, 15) is 0 Å². The molecule has 0 saturated carbocycles. The Kier molecular flexibility index (Phi) is 5.21. The standard InChI is InChI=1S/C23H26ClN5O/c24-17-4-5-19-20(11-17)26-21-10-15-7-14(8-16(9-15)22(21)23(19)25)3-1-2-6-29-12-18(13-30)27-28-29/h4-5,7,11-12,15-16,30H,1-3,6,8-10,13H2,(H2,25,26). The summed E-state index contributed by atoms with van der Waals surface area (Å²) < 4.78 is 1.81. The number of fused-ring (bicyclic) bond motifs is 5. The van der Waals surface area contributed by atoms with Crippen LogP contribution in [-0.2, 0) is 19.6 Å². The van der Waals surface area contributed by atoms with Crippen molar-refractivity contribution in [1.29, 1.82) is 0 Å². The van der Waals surface area contributed by atoms with Crippen molar-refractivity contribution in [3.05, 3.63) is 58.0 Å². The van der Waals surface area contributed by atoms with Crippen molar-refractivity contribution in [3.63, 3.8) is 0 Å². The number of pyridine rings is 1. The fourth-order valence-electron chi connectivity index (χ4n) is 5.12. The lowest BCUT2D eigenvalue weighted by Crippen LogP contribution is -2.24. The van der Waals surface area contributed by atoms with Gasteiger partial charge in [0.2, 0.25) is 0 Å². The van der Waals surface area contributed by atoms with Gasteiger partial charge in [-0.05, 0) is 68.6 Å². The maximum atomic E-state index is 9.09. The molecule has 2 unspecified atom stereocenters. The summed E-state index contributed by atoms with van der Waals surface area (Å²) in [4.78, 5) is 4.94. The number of nitrogens with two attached hydrogens (primary N) is 1. The summed E-state index contributed by atoms with van der Waals surface area (Å²) in [6.07, 6.45) is 10.8. The molecule has 2 bridgehead atoms. The molecule has 7 heteroatoms. The van der Waals surface area contributed by atoms with Crippen molar-refractivity contribution in [1.82, 2.24) is 20.0 Å². The molecule has 0 amide bonds. The Bertz CT molecular complexity index is 1120. The van der Waals surface area contributed by atoms with Crippen LogP contribution >= 0.6 is 11.6 Å². The van der Waals surface area contributed by atoms with E-state index >= 15 is 0 Å². The zero-order valence-electron chi connectivity index (χ0n) is 16.9. The zero-order chi connectivity index (χ0) is 20.7. The summed E-state index contributed by atoms with van der Waals surface area (Å²) >= 11 is 6.17. The molecule has 3 aromatic rings. The van der Waals surface area contributed by atoms with E-state index in [1.54, 1.807) is 5.57 Å². The first-order valence-electron chi connectivity index (χ1n) is 10.7. The first-order valence-corrected chi connectivity index (χ1v) is 11.1. The normalized spacial score (nSPS) is 20.3. The van der Waals surface area contributed by atoms with Crippen molar-refractivity contribution in [3.8, 4) is 0 Å². The van der Waals surface area contributed by atoms with Crippen molar-refractivity contribution in [2.45, 2.75) is 57.6 Å². The fourth-order valence-corrected chi connectivity index (χ4v) is 5.29. The topological polar surface area (TPSA) is 89.8 Å². The molecule has 2 aromatic heterocycles. The highest BCUT2D eigenvalue weighted by Crippen LogP contribution is 2.47. The predicted molar refractivity (Wildman–Crippen MR) is 118 cm³/mol. The number of benzene rings is 1. The maximum Gasteiger partial charge on any atom is 0.108 e. The van der Waals surface area contributed by atoms with Crippen LogP contribution in [0.5, 0.6) is 0 Å². The molecule has 2 aliphatic rings. The predicted octanol–water partition coefficient (Wildman–Crippen LogP) is 4.40. The van der Waals surface area contributed by atoms with Crippen LogP contribution in [0.4, 0.5) is 5.69 Å². The quantitative estimate of drug-likeness (QED) is 0.453. The average Bonchev–Trinajstić information content (AvgIpc) is 3.18. The molecule has 0 saturated heterocycles. The van der Waals surface area contributed by atoms with Crippen LogP contribution in [0.15, 0.2) is 36.0 Å². The maximum absolute atomic E-state index is 9.09. The lowest BCUT2D eigenvalue weighted by Gasteiger charge is -2.36. The Morgan fingerprint density at radius 2 is 2.13 bits per heavy atom. The number of nitrogen functional groups attached to an aromatic ring is 1. The van der Waals surface area contributed by atoms with Gasteiger partial charge in [-0.15, -0.1) is 5.10 Å². The molecule has 2 aliphatic carbocycles. The van der Waals surface area contributed by atoms with Gasteiger partial charge in [0.1, 0.15) is 5.69 Å². The molecule has 0 radical (unpaired) electrons. The van der Waals surface area contributed by atoms with E-state index < -0.39 is 0 Å². The van der Waals surface area contributed by atoms with Gasteiger partial charge in [-0.2, -0.15) is 0 Å². The molecule has 2 atom stereocenters. The number of hydrogen-bond donors (Lipinski definition) is 2. The minimum absolute atomic E-state index is 0.0581. The van der Waals surface area contributed by atoms with Crippen molar-refractivity contribution < 1.29 is 5.11 Å². The highest BCUT2D eigenvalue weighted by molar-refractivity contribution is 6.31. The van der Waals surface area contributed by atoms with Crippen LogP contribution in [0.1, 0.15) is 55.0 Å². The molecule has 0 fully saturated rings. The van der Waals surface area contributed by atoms with Gasteiger partial charge in [0.05, 0.1) is 18.3 Å². The van der Waals surface area contributed by atoms with Gasteiger partial charge in [-0.1, -0.05) is 28.5 Å². The number of rotatable bonds is 6. The van der Waals surface area contributed by atoms with Crippen LogP contribution in [0, 0.1) is 5.92 Å². The van der Waals surface area contributed by atoms with Crippen molar-refractivity contribution in [2.24, 2.45) is 5.92 Å². The third kappa shape index (κ3) is 3.70. The van der Waals surface area contributed by atoms with Gasteiger partial charge in [-0.3, -0.25) is 9.67 Å². The number of aliphatic hydroxyl groups excluding tert-OH is 1. The lowest BCUT2D eigenvalue weighted by molar-refractivity contribution is 0.276. The summed E-state index contributed by atoms with van der Waals surface area (Å²) in [5.74, 6) is 1.02. The highest BCUT2D eigenvalue weighted by atomic mass is 35.5. The average molecular weight is 424 g/mol. The van der Waals surface area contributed by atoms with Gasteiger partial charge >= 0.3 is 0 Å². The number of allylic oxidation sites excluding steroid dienone is 2. The summed E-state index contributed by atoms with van der Waals surface area (Å²) in [7, 11) is 0. The second kappa shape index (κ2) is 8.00. The minimum atomic E-state index is -0.0581. The number of aryl methyl sites for hydroxylation is 1. The van der Waals surface area contributed by atoms with E-state index in [0.717, 1.165) is 60.9 Å². The van der Waals surface area contributed by atoms with E-state index in [-0.39, 0.29) is 6.61 Å². The van der Waals surface area contributed by atoms with Gasteiger partial charge in [0.15, 0.2) is 0 Å².